The molecular weight excluding hydrogens is 266 g/mol. The Morgan fingerprint density at radius 2 is 1.95 bits per heavy atom. The van der Waals surface area contributed by atoms with Gasteiger partial charge in [-0.2, -0.15) is 0 Å². The normalized spacial score (nSPS) is 18.2. The second kappa shape index (κ2) is 4.85. The lowest BCUT2D eigenvalue weighted by atomic mass is 9.81. The number of benzene rings is 1. The quantitative estimate of drug-likeness (QED) is 0.866. The topological polar surface area (TPSA) is 57.6 Å². The minimum Gasteiger partial charge on any atom is -0.506 e. The first-order valence-electron chi connectivity index (χ1n) is 6.31. The molecule has 0 unspecified atom stereocenters. The zero-order chi connectivity index (χ0) is 14.2. The van der Waals surface area contributed by atoms with Crippen LogP contribution in [0.4, 0.5) is 5.69 Å². The van der Waals surface area contributed by atoms with Crippen LogP contribution < -0.4 is 4.90 Å². The molecule has 102 valence electrons. The maximum absolute atomic E-state index is 12.5. The van der Waals surface area contributed by atoms with E-state index in [4.69, 9.17) is 11.6 Å². The fraction of sp³-hybridized carbons (Fsp3) is 0.429. The van der Waals surface area contributed by atoms with Crippen LogP contribution in [0.3, 0.4) is 0 Å². The maximum atomic E-state index is 12.5. The van der Waals surface area contributed by atoms with E-state index >= 15 is 0 Å². The van der Waals surface area contributed by atoms with E-state index in [1.165, 1.54) is 23.1 Å². The third-order valence-electron chi connectivity index (χ3n) is 3.94. The number of hydrogen-bond donors (Lipinski definition) is 1. The molecule has 1 fully saturated rings. The lowest BCUT2D eigenvalue weighted by Gasteiger charge is -2.23. The number of hydrogen-bond acceptors (Lipinski definition) is 3. The Balaban J connectivity index is 2.43. The van der Waals surface area contributed by atoms with E-state index in [0.29, 0.717) is 18.5 Å². The van der Waals surface area contributed by atoms with Gasteiger partial charge >= 0.3 is 0 Å². The van der Waals surface area contributed by atoms with Crippen molar-refractivity contribution in [1.29, 1.82) is 0 Å². The van der Waals surface area contributed by atoms with Crippen LogP contribution >= 0.6 is 11.6 Å². The first kappa shape index (κ1) is 13.9. The number of imide groups is 1. The minimum atomic E-state index is -0.596. The summed E-state index contributed by atoms with van der Waals surface area (Å²) in [6.07, 6.45) is 1.50. The third kappa shape index (κ3) is 2.10. The summed E-state index contributed by atoms with van der Waals surface area (Å²) >= 11 is 5.83. The number of nitrogens with zero attached hydrogens (tertiary/aromatic N) is 1. The van der Waals surface area contributed by atoms with E-state index in [0.717, 1.165) is 0 Å². The summed E-state index contributed by atoms with van der Waals surface area (Å²) in [6, 6.07) is 4.35. The van der Waals surface area contributed by atoms with Crippen molar-refractivity contribution in [2.75, 3.05) is 4.90 Å². The molecule has 1 N–H and O–H groups in total. The van der Waals surface area contributed by atoms with Gasteiger partial charge in [-0.25, -0.2) is 4.90 Å². The fourth-order valence-corrected chi connectivity index (χ4v) is 2.67. The third-order valence-corrected chi connectivity index (χ3v) is 4.24. The second-order valence-corrected chi connectivity index (χ2v) is 5.24. The Morgan fingerprint density at radius 3 is 2.42 bits per heavy atom. The predicted octanol–water partition coefficient (Wildman–Crippen LogP) is 3.12. The number of halogens is 1. The van der Waals surface area contributed by atoms with Gasteiger partial charge in [0.05, 0.1) is 16.1 Å². The summed E-state index contributed by atoms with van der Waals surface area (Å²) < 4.78 is 0. The first-order chi connectivity index (χ1) is 8.95. The van der Waals surface area contributed by atoms with Gasteiger partial charge in [-0.05, 0) is 31.0 Å². The molecule has 0 saturated carbocycles. The second-order valence-electron chi connectivity index (χ2n) is 4.83. The van der Waals surface area contributed by atoms with Gasteiger partial charge < -0.3 is 5.11 Å². The van der Waals surface area contributed by atoms with Crippen LogP contribution in [0.25, 0.3) is 0 Å². The Bertz CT molecular complexity index is 537. The number of aromatic hydroxyl groups is 1. The van der Waals surface area contributed by atoms with Gasteiger partial charge in [0, 0.05) is 6.42 Å². The zero-order valence-corrected chi connectivity index (χ0v) is 11.7. The Morgan fingerprint density at radius 1 is 1.32 bits per heavy atom. The molecule has 4 nitrogen and oxygen atoms in total. The lowest BCUT2D eigenvalue weighted by molar-refractivity contribution is -0.126. The van der Waals surface area contributed by atoms with Crippen LogP contribution in [-0.4, -0.2) is 16.9 Å². The predicted molar refractivity (Wildman–Crippen MR) is 73.2 cm³/mol. The number of carbonyl (C=O) groups excluding carboxylic acids is 2. The van der Waals surface area contributed by atoms with Crippen LogP contribution in [0, 0.1) is 5.41 Å². The number of rotatable bonds is 3. The maximum Gasteiger partial charge on any atom is 0.240 e. The van der Waals surface area contributed by atoms with Crippen molar-refractivity contribution >= 4 is 29.1 Å². The van der Waals surface area contributed by atoms with Gasteiger partial charge in [-0.15, -0.1) is 0 Å². The monoisotopic (exact) mass is 281 g/mol. The van der Waals surface area contributed by atoms with Crippen molar-refractivity contribution in [3.05, 3.63) is 23.2 Å². The van der Waals surface area contributed by atoms with E-state index < -0.39 is 5.41 Å². The number of anilines is 1. The van der Waals surface area contributed by atoms with Gasteiger partial charge in [0.1, 0.15) is 5.75 Å². The Kier molecular flexibility index (Phi) is 3.54. The van der Waals surface area contributed by atoms with Crippen molar-refractivity contribution < 1.29 is 14.7 Å². The molecule has 1 saturated heterocycles. The lowest BCUT2D eigenvalue weighted by Crippen LogP contribution is -2.35. The van der Waals surface area contributed by atoms with E-state index in [2.05, 4.69) is 0 Å². The van der Waals surface area contributed by atoms with Gasteiger partial charge in [-0.1, -0.05) is 25.4 Å². The Hall–Kier alpha value is -1.55. The molecule has 0 aliphatic carbocycles. The zero-order valence-electron chi connectivity index (χ0n) is 10.9. The largest absolute Gasteiger partial charge is 0.506 e. The van der Waals surface area contributed by atoms with Gasteiger partial charge in [-0.3, -0.25) is 9.59 Å². The summed E-state index contributed by atoms with van der Waals surface area (Å²) in [7, 11) is 0. The first-order valence-corrected chi connectivity index (χ1v) is 6.69. The molecule has 0 spiro atoms. The molecule has 2 amide bonds. The standard InChI is InChI=1S/C14H16ClNO3/c1-3-14(4-2)8-12(18)16(13(14)19)9-5-6-11(17)10(15)7-9/h5-7,17H,3-4,8H2,1-2H3. The molecule has 1 aliphatic heterocycles. The molecular formula is C14H16ClNO3. The van der Waals surface area contributed by atoms with Crippen molar-refractivity contribution in [2.45, 2.75) is 33.1 Å². The molecule has 0 atom stereocenters. The molecule has 1 aliphatic rings. The summed E-state index contributed by atoms with van der Waals surface area (Å²) in [6.45, 7) is 3.84. The van der Waals surface area contributed by atoms with Crippen LogP contribution in [0.2, 0.25) is 5.02 Å². The summed E-state index contributed by atoms with van der Waals surface area (Å²) in [5.74, 6) is -0.457. The Labute approximate surface area is 117 Å². The molecule has 5 heteroatoms. The minimum absolute atomic E-state index is 0.0678. The van der Waals surface area contributed by atoms with Gasteiger partial charge in [0.25, 0.3) is 0 Å². The summed E-state index contributed by atoms with van der Waals surface area (Å²) in [4.78, 5) is 25.8. The van der Waals surface area contributed by atoms with E-state index in [1.54, 1.807) is 0 Å². The van der Waals surface area contributed by atoms with E-state index in [9.17, 15) is 14.7 Å². The van der Waals surface area contributed by atoms with Crippen molar-refractivity contribution in [2.24, 2.45) is 5.41 Å². The van der Waals surface area contributed by atoms with Crippen LogP contribution in [0.1, 0.15) is 33.1 Å². The number of carbonyl (C=O) groups is 2. The highest BCUT2D eigenvalue weighted by molar-refractivity contribution is 6.32. The average Bonchev–Trinajstić information content (AvgIpc) is 2.65. The summed E-state index contributed by atoms with van der Waals surface area (Å²) in [5.41, 5.74) is -0.178. The average molecular weight is 282 g/mol. The van der Waals surface area contributed by atoms with Crippen LogP contribution in [0.5, 0.6) is 5.75 Å². The van der Waals surface area contributed by atoms with Gasteiger partial charge in [0.15, 0.2) is 0 Å². The molecule has 0 radical (unpaired) electrons. The van der Waals surface area contributed by atoms with Crippen molar-refractivity contribution in [1.82, 2.24) is 0 Å². The molecule has 1 aromatic carbocycles. The highest BCUT2D eigenvalue weighted by Gasteiger charge is 2.49. The number of amides is 2. The molecule has 2 rings (SSSR count). The van der Waals surface area contributed by atoms with Crippen molar-refractivity contribution in [3.8, 4) is 5.75 Å². The van der Waals surface area contributed by atoms with Crippen LogP contribution in [0.15, 0.2) is 18.2 Å². The van der Waals surface area contributed by atoms with E-state index in [-0.39, 0.29) is 29.0 Å². The fourth-order valence-electron chi connectivity index (χ4n) is 2.49. The SMILES string of the molecule is CCC1(CC)CC(=O)N(c2ccc(O)c(Cl)c2)C1=O. The highest BCUT2D eigenvalue weighted by atomic mass is 35.5. The number of phenolic OH excluding ortho intramolecular Hbond substituents is 1. The van der Waals surface area contributed by atoms with Gasteiger partial charge in [0.2, 0.25) is 11.8 Å². The smallest absolute Gasteiger partial charge is 0.240 e. The molecule has 19 heavy (non-hydrogen) atoms. The van der Waals surface area contributed by atoms with E-state index in [1.807, 2.05) is 13.8 Å². The molecule has 0 aromatic heterocycles. The molecule has 1 heterocycles. The highest BCUT2D eigenvalue weighted by Crippen LogP contribution is 2.42. The molecule has 0 bridgehead atoms. The number of phenols is 1. The molecule has 1 aromatic rings. The van der Waals surface area contributed by atoms with Crippen LogP contribution in [-0.2, 0) is 9.59 Å². The van der Waals surface area contributed by atoms with Crippen molar-refractivity contribution in [3.63, 3.8) is 0 Å². The summed E-state index contributed by atoms with van der Waals surface area (Å²) in [5, 5.41) is 9.52.